The molecule has 1 aliphatic carbocycles. The molecule has 3 fully saturated rings. The molecule has 0 atom stereocenters. The van der Waals surface area contributed by atoms with Gasteiger partial charge in [0.15, 0.2) is 22.9 Å². The van der Waals surface area contributed by atoms with Crippen LogP contribution in [0, 0.1) is 26.7 Å². The van der Waals surface area contributed by atoms with Gasteiger partial charge >= 0.3 is 0 Å². The molecular formula is C51H58N16O2. The third-order valence-corrected chi connectivity index (χ3v) is 14.0. The molecule has 69 heavy (non-hydrogen) atoms. The molecule has 8 aromatic heterocycles. The molecule has 354 valence electrons. The van der Waals surface area contributed by atoms with Gasteiger partial charge in [0.1, 0.15) is 17.2 Å². The number of amides is 2. The van der Waals surface area contributed by atoms with Crippen molar-refractivity contribution in [2.45, 2.75) is 90.4 Å². The molecule has 2 saturated heterocycles. The van der Waals surface area contributed by atoms with E-state index in [1.165, 1.54) is 19.4 Å². The number of aryl methyl sites for hydroxylation is 4. The van der Waals surface area contributed by atoms with E-state index in [0.29, 0.717) is 46.0 Å². The van der Waals surface area contributed by atoms with Crippen LogP contribution in [0.3, 0.4) is 0 Å². The number of rotatable bonds is 15. The molecule has 3 aliphatic rings. The Morgan fingerprint density at radius 3 is 2.16 bits per heavy atom. The van der Waals surface area contributed by atoms with Crippen molar-refractivity contribution < 1.29 is 9.59 Å². The molecule has 2 N–H and O–H groups in total. The Bertz CT molecular complexity index is 3130. The van der Waals surface area contributed by atoms with Gasteiger partial charge < -0.3 is 20.4 Å². The maximum atomic E-state index is 14.1. The van der Waals surface area contributed by atoms with E-state index in [1.807, 2.05) is 75.8 Å². The standard InChI is InChI=1S/C51H58N16O2/c1-33-7-10-44(54-28-33)66-46(27-42(60-66)38-14-22-63(23-15-38)32-36-8-9-36)59-51(69)41-31-57-65-40(11-17-53-50(41)65)6-4-18-62-20-12-37(13-21-62)43-26-45(67(61-43)48-35(3)24-34(2)29-55-48)58-47(68)25-39-30-56-64-19-5-16-52-49(39)64/h5,7,10-11,16-17,19,24,26-31,36-38H,4,6,8-9,12-15,18,20-23,25,32H2,1-3H3,(H,58,68)(H,59,69). The first kappa shape index (κ1) is 44.3. The van der Waals surface area contributed by atoms with Crippen LogP contribution in [0.25, 0.3) is 22.9 Å². The van der Waals surface area contributed by atoms with E-state index in [0.717, 1.165) is 117 Å². The normalized spacial score (nSPS) is 16.4. The number of hydrogen-bond donors (Lipinski definition) is 2. The lowest BCUT2D eigenvalue weighted by atomic mass is 9.93. The lowest BCUT2D eigenvalue weighted by Crippen LogP contribution is -2.34. The van der Waals surface area contributed by atoms with Crippen molar-refractivity contribution in [2.24, 2.45) is 5.92 Å². The molecule has 0 spiro atoms. The Hall–Kier alpha value is -7.18. The largest absolute Gasteiger partial charge is 0.310 e. The highest BCUT2D eigenvalue weighted by molar-refractivity contribution is 6.08. The van der Waals surface area contributed by atoms with Gasteiger partial charge in [-0.3, -0.25) is 9.59 Å². The first-order chi connectivity index (χ1) is 33.7. The Labute approximate surface area is 400 Å². The molecule has 0 bridgehead atoms. The molecule has 2 amide bonds. The van der Waals surface area contributed by atoms with E-state index in [9.17, 15) is 9.59 Å². The second kappa shape index (κ2) is 19.1. The summed E-state index contributed by atoms with van der Waals surface area (Å²) in [5.74, 6) is 3.48. The highest BCUT2D eigenvalue weighted by Gasteiger charge is 2.30. The minimum atomic E-state index is -0.290. The van der Waals surface area contributed by atoms with Crippen LogP contribution >= 0.6 is 0 Å². The fourth-order valence-electron chi connectivity index (χ4n) is 10.1. The second-order valence-electron chi connectivity index (χ2n) is 19.3. The fourth-order valence-corrected chi connectivity index (χ4v) is 10.1. The van der Waals surface area contributed by atoms with Crippen molar-refractivity contribution in [2.75, 3.05) is 49.9 Å². The van der Waals surface area contributed by atoms with Crippen LogP contribution in [0.15, 0.2) is 85.8 Å². The number of pyridine rings is 2. The van der Waals surface area contributed by atoms with Crippen LogP contribution < -0.4 is 10.6 Å². The van der Waals surface area contributed by atoms with Crippen LogP contribution in [0.4, 0.5) is 11.6 Å². The topological polar surface area (TPSA) is 186 Å². The van der Waals surface area contributed by atoms with Gasteiger partial charge in [0.2, 0.25) is 5.91 Å². The van der Waals surface area contributed by atoms with E-state index in [-0.39, 0.29) is 24.2 Å². The predicted molar refractivity (Wildman–Crippen MR) is 261 cm³/mol. The molecule has 0 radical (unpaired) electrons. The van der Waals surface area contributed by atoms with E-state index >= 15 is 0 Å². The molecule has 18 heteroatoms. The number of carbonyl (C=O) groups excluding carboxylic acids is 2. The smallest absolute Gasteiger partial charge is 0.262 e. The number of fused-ring (bicyclic) bond motifs is 2. The summed E-state index contributed by atoms with van der Waals surface area (Å²) in [7, 11) is 0. The third kappa shape index (κ3) is 9.63. The molecule has 2 aliphatic heterocycles. The number of nitrogens with zero attached hydrogens (tertiary/aromatic N) is 14. The zero-order valence-electron chi connectivity index (χ0n) is 39.5. The number of carbonyl (C=O) groups is 2. The van der Waals surface area contributed by atoms with Crippen molar-refractivity contribution in [3.8, 4) is 11.6 Å². The minimum absolute atomic E-state index is 0.127. The maximum absolute atomic E-state index is 14.1. The number of aromatic nitrogens is 12. The van der Waals surface area contributed by atoms with Crippen molar-refractivity contribution in [3.05, 3.63) is 131 Å². The van der Waals surface area contributed by atoms with Crippen molar-refractivity contribution in [1.29, 1.82) is 0 Å². The zero-order valence-corrected chi connectivity index (χ0v) is 39.5. The van der Waals surface area contributed by atoms with Crippen LogP contribution in [0.5, 0.6) is 0 Å². The van der Waals surface area contributed by atoms with E-state index in [4.69, 9.17) is 15.2 Å². The summed E-state index contributed by atoms with van der Waals surface area (Å²) in [6.45, 7) is 12.2. The van der Waals surface area contributed by atoms with Gasteiger partial charge in [-0.2, -0.15) is 29.8 Å². The van der Waals surface area contributed by atoms with Crippen LogP contribution in [0.2, 0.25) is 0 Å². The van der Waals surface area contributed by atoms with Gasteiger partial charge in [-0.15, -0.1) is 0 Å². The van der Waals surface area contributed by atoms with Crippen molar-refractivity contribution in [3.63, 3.8) is 0 Å². The SMILES string of the molecule is Cc1ccc(-n2nc(C3CCN(CC4CC4)CC3)cc2NC(=O)c2cnn3c(CCCN4CCC(c5cc(NC(=O)Cc6cnn7cccnc67)n(-c6ncc(C)cc6C)n5)CC4)ccnc23)nc1. The lowest BCUT2D eigenvalue weighted by Gasteiger charge is -2.31. The minimum Gasteiger partial charge on any atom is -0.310 e. The monoisotopic (exact) mass is 926 g/mol. The van der Waals surface area contributed by atoms with Gasteiger partial charge in [0.05, 0.1) is 30.2 Å². The Kier molecular flexibility index (Phi) is 12.3. The summed E-state index contributed by atoms with van der Waals surface area (Å²) in [6.07, 6.45) is 20.8. The van der Waals surface area contributed by atoms with E-state index < -0.39 is 0 Å². The van der Waals surface area contributed by atoms with Gasteiger partial charge in [-0.1, -0.05) is 12.1 Å². The predicted octanol–water partition coefficient (Wildman–Crippen LogP) is 6.69. The number of hydrogen-bond acceptors (Lipinski definition) is 12. The Balaban J connectivity index is 0.725. The van der Waals surface area contributed by atoms with E-state index in [1.54, 1.807) is 43.2 Å². The summed E-state index contributed by atoms with van der Waals surface area (Å²) in [5.41, 5.74) is 8.34. The molecule has 1 saturated carbocycles. The number of nitrogens with one attached hydrogen (secondary N) is 2. The zero-order chi connectivity index (χ0) is 47.0. The van der Waals surface area contributed by atoms with Gasteiger partial charge in [0, 0.05) is 72.8 Å². The summed E-state index contributed by atoms with van der Waals surface area (Å²) in [5, 5.41) is 25.4. The molecule has 0 unspecified atom stereocenters. The number of likely N-dealkylation sites (tertiary alicyclic amines) is 2. The third-order valence-electron chi connectivity index (χ3n) is 14.0. The van der Waals surface area contributed by atoms with Crippen LogP contribution in [-0.4, -0.2) is 120 Å². The van der Waals surface area contributed by atoms with E-state index in [2.05, 4.69) is 51.6 Å². The first-order valence-corrected chi connectivity index (χ1v) is 24.4. The highest BCUT2D eigenvalue weighted by Crippen LogP contribution is 2.35. The molecule has 8 aromatic rings. The van der Waals surface area contributed by atoms with Gasteiger partial charge in [-0.25, -0.2) is 29.0 Å². The Morgan fingerprint density at radius 2 is 1.42 bits per heavy atom. The van der Waals surface area contributed by atoms with Gasteiger partial charge in [0.25, 0.3) is 5.91 Å². The number of anilines is 2. The average molecular weight is 927 g/mol. The van der Waals surface area contributed by atoms with Gasteiger partial charge in [-0.05, 0) is 146 Å². The lowest BCUT2D eigenvalue weighted by molar-refractivity contribution is -0.115. The van der Waals surface area contributed by atoms with Crippen molar-refractivity contribution >= 4 is 34.7 Å². The maximum Gasteiger partial charge on any atom is 0.262 e. The van der Waals surface area contributed by atoms with Crippen molar-refractivity contribution in [1.82, 2.24) is 68.5 Å². The van der Waals surface area contributed by atoms with Crippen LogP contribution in [0.1, 0.15) is 106 Å². The average Bonchev–Trinajstić information content (AvgIpc) is 3.66. The molecule has 0 aromatic carbocycles. The summed E-state index contributed by atoms with van der Waals surface area (Å²) in [6, 6.07) is 13.9. The summed E-state index contributed by atoms with van der Waals surface area (Å²) in [4.78, 5) is 51.1. The van der Waals surface area contributed by atoms with Crippen LogP contribution in [-0.2, 0) is 17.6 Å². The molecule has 18 nitrogen and oxygen atoms in total. The molecule has 10 heterocycles. The molecular weight excluding hydrogens is 869 g/mol. The Morgan fingerprint density at radius 1 is 0.696 bits per heavy atom. The number of piperidine rings is 2. The second-order valence-corrected chi connectivity index (χ2v) is 19.3. The molecule has 11 rings (SSSR count). The summed E-state index contributed by atoms with van der Waals surface area (Å²) < 4.78 is 7.00. The quantitative estimate of drug-likeness (QED) is 0.111. The first-order valence-electron chi connectivity index (χ1n) is 24.4. The fraction of sp³-hybridized carbons (Fsp3) is 0.412. The summed E-state index contributed by atoms with van der Waals surface area (Å²) >= 11 is 0. The highest BCUT2D eigenvalue weighted by atomic mass is 16.2.